The topological polar surface area (TPSA) is 90.0 Å². The van der Waals surface area contributed by atoms with Gasteiger partial charge in [0.1, 0.15) is 5.39 Å². The van der Waals surface area contributed by atoms with Crippen LogP contribution in [0.4, 0.5) is 0 Å². The molecular weight excluding hydrogens is 364 g/mol. The number of fused-ring (bicyclic) bond motifs is 1. The molecule has 0 fully saturated rings. The van der Waals surface area contributed by atoms with E-state index in [4.69, 9.17) is 5.11 Å². The number of para-hydroxylation sites is 2. The highest BCUT2D eigenvalue weighted by Gasteiger charge is 2.18. The first-order valence-corrected chi connectivity index (χ1v) is 9.10. The molecule has 0 aliphatic carbocycles. The van der Waals surface area contributed by atoms with Gasteiger partial charge in [-0.25, -0.2) is 9.67 Å². The lowest BCUT2D eigenvalue weighted by molar-refractivity contribution is -0.133. The van der Waals surface area contributed by atoms with Crippen LogP contribution in [0, 0.1) is 0 Å². The maximum absolute atomic E-state index is 13.1. The second-order valence-corrected chi connectivity index (χ2v) is 6.62. The highest BCUT2D eigenvalue weighted by Crippen LogP contribution is 2.22. The van der Waals surface area contributed by atoms with E-state index in [1.165, 1.54) is 10.8 Å². The predicted molar refractivity (Wildman–Crippen MR) is 103 cm³/mol. The first kappa shape index (κ1) is 17.0. The summed E-state index contributed by atoms with van der Waals surface area (Å²) < 4.78 is 3.00. The van der Waals surface area contributed by atoms with Gasteiger partial charge in [0.15, 0.2) is 10.8 Å². The van der Waals surface area contributed by atoms with Gasteiger partial charge in [-0.3, -0.25) is 14.2 Å². The number of carboxylic acids is 1. The van der Waals surface area contributed by atoms with Gasteiger partial charge in [-0.2, -0.15) is 5.10 Å². The lowest BCUT2D eigenvalue weighted by Gasteiger charge is -2.12. The summed E-state index contributed by atoms with van der Waals surface area (Å²) in [5.74, 6) is -1.19. The Morgan fingerprint density at radius 2 is 1.63 bits per heavy atom. The Hall–Kier alpha value is -3.39. The van der Waals surface area contributed by atoms with Crippen LogP contribution >= 0.6 is 11.8 Å². The number of aliphatic carboxylic acids is 1. The van der Waals surface area contributed by atoms with Crippen molar-refractivity contribution in [1.82, 2.24) is 19.3 Å². The number of hydrogen-bond donors (Lipinski definition) is 1. The van der Waals surface area contributed by atoms with Crippen molar-refractivity contribution in [2.24, 2.45) is 0 Å². The Morgan fingerprint density at radius 3 is 2.26 bits per heavy atom. The minimum absolute atomic E-state index is 0.204. The summed E-state index contributed by atoms with van der Waals surface area (Å²) in [6, 6.07) is 18.4. The van der Waals surface area contributed by atoms with Crippen LogP contribution in [-0.2, 0) is 4.79 Å². The molecule has 4 aromatic rings. The lowest BCUT2D eigenvalue weighted by Crippen LogP contribution is -2.22. The smallest absolute Gasteiger partial charge is 0.313 e. The van der Waals surface area contributed by atoms with Crippen LogP contribution in [0.2, 0.25) is 0 Å². The fourth-order valence-electron chi connectivity index (χ4n) is 2.73. The Bertz CT molecular complexity index is 1170. The molecule has 0 bridgehead atoms. The molecule has 7 nitrogen and oxygen atoms in total. The number of benzene rings is 2. The summed E-state index contributed by atoms with van der Waals surface area (Å²) in [4.78, 5) is 28.8. The van der Waals surface area contributed by atoms with E-state index < -0.39 is 5.97 Å². The number of hydrogen-bond acceptors (Lipinski definition) is 5. The molecule has 4 rings (SSSR count). The van der Waals surface area contributed by atoms with E-state index in [0.717, 1.165) is 17.4 Å². The summed E-state index contributed by atoms with van der Waals surface area (Å²) >= 11 is 0.997. The largest absolute Gasteiger partial charge is 0.481 e. The normalized spacial score (nSPS) is 11.0. The molecule has 0 unspecified atom stereocenters. The third-order valence-electron chi connectivity index (χ3n) is 3.91. The quantitative estimate of drug-likeness (QED) is 0.424. The van der Waals surface area contributed by atoms with Gasteiger partial charge in [-0.15, -0.1) is 0 Å². The molecule has 27 heavy (non-hydrogen) atoms. The number of nitrogens with zero attached hydrogens (tertiary/aromatic N) is 4. The average Bonchev–Trinajstić information content (AvgIpc) is 3.12. The highest BCUT2D eigenvalue weighted by atomic mass is 32.2. The second kappa shape index (κ2) is 7.08. The summed E-state index contributed by atoms with van der Waals surface area (Å²) in [5.41, 5.74) is 1.50. The van der Waals surface area contributed by atoms with E-state index >= 15 is 0 Å². The van der Waals surface area contributed by atoms with Gasteiger partial charge in [0.25, 0.3) is 5.56 Å². The number of carboxylic acid groups (broad SMARTS) is 1. The minimum atomic E-state index is -0.981. The van der Waals surface area contributed by atoms with Crippen LogP contribution in [0.15, 0.2) is 76.8 Å². The van der Waals surface area contributed by atoms with Crippen LogP contribution in [0.3, 0.4) is 0 Å². The molecule has 0 saturated carbocycles. The molecule has 0 aliphatic rings. The number of aromatic nitrogens is 4. The van der Waals surface area contributed by atoms with Crippen LogP contribution in [0.25, 0.3) is 22.4 Å². The Morgan fingerprint density at radius 1 is 1.00 bits per heavy atom. The maximum atomic E-state index is 13.1. The molecule has 0 aliphatic heterocycles. The molecule has 2 aromatic heterocycles. The van der Waals surface area contributed by atoms with Crippen molar-refractivity contribution in [2.45, 2.75) is 5.16 Å². The molecule has 0 amide bonds. The highest BCUT2D eigenvalue weighted by molar-refractivity contribution is 7.99. The van der Waals surface area contributed by atoms with Crippen LogP contribution in [0.5, 0.6) is 0 Å². The molecule has 134 valence electrons. The van der Waals surface area contributed by atoms with Gasteiger partial charge in [-0.1, -0.05) is 48.2 Å². The average molecular weight is 378 g/mol. The Balaban J connectivity index is 1.97. The van der Waals surface area contributed by atoms with Gasteiger partial charge in [0, 0.05) is 0 Å². The van der Waals surface area contributed by atoms with E-state index in [0.29, 0.717) is 21.9 Å². The standard InChI is InChI=1S/C19H14N4O3S/c24-16(25)12-27-19-21-17-15(11-20-23(17)14-9-5-2-6-10-14)18(26)22(19)13-7-3-1-4-8-13/h1-11H,12H2,(H,24,25). The van der Waals surface area contributed by atoms with Crippen molar-refractivity contribution in [3.05, 3.63) is 77.2 Å². The summed E-state index contributed by atoms with van der Waals surface area (Å²) in [5, 5.41) is 14.0. The fraction of sp³-hybridized carbons (Fsp3) is 0.0526. The molecular formula is C19H14N4O3S. The van der Waals surface area contributed by atoms with E-state index in [1.54, 1.807) is 16.8 Å². The predicted octanol–water partition coefficient (Wildman–Crippen LogP) is 2.75. The first-order valence-electron chi connectivity index (χ1n) is 8.11. The molecule has 0 atom stereocenters. The zero-order chi connectivity index (χ0) is 18.8. The van der Waals surface area contributed by atoms with E-state index in [-0.39, 0.29) is 11.3 Å². The van der Waals surface area contributed by atoms with Crippen LogP contribution < -0.4 is 5.56 Å². The Kier molecular flexibility index (Phi) is 4.47. The number of rotatable bonds is 5. The van der Waals surface area contributed by atoms with Crippen molar-refractivity contribution in [1.29, 1.82) is 0 Å². The fourth-order valence-corrected chi connectivity index (χ4v) is 3.46. The zero-order valence-electron chi connectivity index (χ0n) is 14.0. The molecule has 0 saturated heterocycles. The SMILES string of the molecule is O=C(O)CSc1nc2c(cnn2-c2ccccc2)c(=O)n1-c1ccccc1. The van der Waals surface area contributed by atoms with Crippen molar-refractivity contribution in [2.75, 3.05) is 5.75 Å². The second-order valence-electron chi connectivity index (χ2n) is 5.68. The van der Waals surface area contributed by atoms with E-state index in [9.17, 15) is 9.59 Å². The van der Waals surface area contributed by atoms with Gasteiger partial charge < -0.3 is 5.11 Å². The molecule has 2 heterocycles. The lowest BCUT2D eigenvalue weighted by atomic mass is 10.3. The van der Waals surface area contributed by atoms with Crippen molar-refractivity contribution < 1.29 is 9.90 Å². The first-order chi connectivity index (χ1) is 13.1. The number of carbonyl (C=O) groups is 1. The molecule has 8 heteroatoms. The van der Waals surface area contributed by atoms with Gasteiger partial charge >= 0.3 is 5.97 Å². The summed E-state index contributed by atoms with van der Waals surface area (Å²) in [6.07, 6.45) is 1.49. The summed E-state index contributed by atoms with van der Waals surface area (Å²) in [7, 11) is 0. The summed E-state index contributed by atoms with van der Waals surface area (Å²) in [6.45, 7) is 0. The molecule has 1 N–H and O–H groups in total. The van der Waals surface area contributed by atoms with E-state index in [1.807, 2.05) is 48.5 Å². The van der Waals surface area contributed by atoms with Gasteiger partial charge in [-0.05, 0) is 24.3 Å². The molecule has 2 aromatic carbocycles. The van der Waals surface area contributed by atoms with Gasteiger partial charge in [0.2, 0.25) is 0 Å². The van der Waals surface area contributed by atoms with Crippen molar-refractivity contribution >= 4 is 28.8 Å². The van der Waals surface area contributed by atoms with Crippen LogP contribution in [0.1, 0.15) is 0 Å². The van der Waals surface area contributed by atoms with Crippen molar-refractivity contribution in [3.8, 4) is 11.4 Å². The van der Waals surface area contributed by atoms with Crippen molar-refractivity contribution in [3.63, 3.8) is 0 Å². The third-order valence-corrected chi connectivity index (χ3v) is 4.83. The molecule has 0 radical (unpaired) electrons. The van der Waals surface area contributed by atoms with Gasteiger partial charge in [0.05, 0.1) is 23.3 Å². The van der Waals surface area contributed by atoms with Crippen LogP contribution in [-0.4, -0.2) is 36.2 Å². The van der Waals surface area contributed by atoms with E-state index in [2.05, 4.69) is 10.1 Å². The third kappa shape index (κ3) is 3.22. The maximum Gasteiger partial charge on any atom is 0.313 e. The zero-order valence-corrected chi connectivity index (χ0v) is 14.8. The molecule has 0 spiro atoms. The Labute approximate surface area is 157 Å². The number of thioether (sulfide) groups is 1. The minimum Gasteiger partial charge on any atom is -0.481 e. The monoisotopic (exact) mass is 378 g/mol.